The molecule has 1 aliphatic rings. The van der Waals surface area contributed by atoms with Gasteiger partial charge in [-0.3, -0.25) is 9.59 Å². The predicted molar refractivity (Wildman–Crippen MR) is 96.8 cm³/mol. The number of benzene rings is 3. The first kappa shape index (κ1) is 16.1. The molecule has 0 radical (unpaired) electrons. The third-order valence-corrected chi connectivity index (χ3v) is 4.73. The molecule has 0 unspecified atom stereocenters. The van der Waals surface area contributed by atoms with Crippen LogP contribution in [0.4, 0.5) is 0 Å². The molecule has 3 aromatic carbocycles. The summed E-state index contributed by atoms with van der Waals surface area (Å²) >= 11 is 0. The third kappa shape index (κ3) is 2.03. The number of carbonyl (C=O) groups excluding carboxylic acids is 2. The Morgan fingerprint density at radius 1 is 0.846 bits per heavy atom. The van der Waals surface area contributed by atoms with Crippen LogP contribution >= 0.6 is 0 Å². The van der Waals surface area contributed by atoms with E-state index in [1.54, 1.807) is 30.3 Å². The minimum absolute atomic E-state index is 0.00501. The molecular weight excluding hydrogens is 332 g/mol. The molecule has 0 atom stereocenters. The molecule has 130 valence electrons. The first-order valence-corrected chi connectivity index (χ1v) is 8.08. The summed E-state index contributed by atoms with van der Waals surface area (Å²) in [5.74, 6) is -0.189. The number of hydrogen-bond acceptors (Lipinski definition) is 5. The van der Waals surface area contributed by atoms with Crippen molar-refractivity contribution < 1.29 is 24.2 Å². The molecule has 0 saturated heterocycles. The Balaban J connectivity index is 2.12. The van der Waals surface area contributed by atoms with Crippen LogP contribution in [-0.2, 0) is 0 Å². The number of fused-ring (bicyclic) bond motifs is 3. The summed E-state index contributed by atoms with van der Waals surface area (Å²) in [5, 5.41) is 11.9. The van der Waals surface area contributed by atoms with Crippen LogP contribution in [0.2, 0.25) is 0 Å². The zero-order chi connectivity index (χ0) is 18.6. The van der Waals surface area contributed by atoms with Crippen LogP contribution in [0.3, 0.4) is 0 Å². The molecule has 0 heterocycles. The number of rotatable bonds is 2. The van der Waals surface area contributed by atoms with E-state index in [2.05, 4.69) is 0 Å². The molecule has 0 amide bonds. The maximum absolute atomic E-state index is 13.1. The van der Waals surface area contributed by atoms with Crippen molar-refractivity contribution in [3.63, 3.8) is 0 Å². The number of hydrogen-bond donors (Lipinski definition) is 1. The van der Waals surface area contributed by atoms with Crippen LogP contribution < -0.4 is 9.47 Å². The minimum atomic E-state index is -0.407. The van der Waals surface area contributed by atoms with Crippen LogP contribution in [0.15, 0.2) is 36.4 Å². The highest BCUT2D eigenvalue weighted by atomic mass is 16.5. The van der Waals surface area contributed by atoms with Gasteiger partial charge in [0, 0.05) is 11.1 Å². The lowest BCUT2D eigenvalue weighted by Gasteiger charge is -2.22. The van der Waals surface area contributed by atoms with Crippen molar-refractivity contribution in [2.45, 2.75) is 6.92 Å². The van der Waals surface area contributed by atoms with Gasteiger partial charge in [-0.05, 0) is 36.1 Å². The van der Waals surface area contributed by atoms with E-state index in [1.807, 2.05) is 13.0 Å². The molecule has 0 bridgehead atoms. The van der Waals surface area contributed by atoms with Crippen molar-refractivity contribution in [3.8, 4) is 17.2 Å². The van der Waals surface area contributed by atoms with E-state index in [0.717, 1.165) is 5.56 Å². The van der Waals surface area contributed by atoms with Crippen LogP contribution in [0.1, 0.15) is 37.4 Å². The van der Waals surface area contributed by atoms with Gasteiger partial charge in [-0.15, -0.1) is 0 Å². The van der Waals surface area contributed by atoms with E-state index >= 15 is 0 Å². The lowest BCUT2D eigenvalue weighted by Crippen LogP contribution is -2.22. The molecule has 0 aromatic heterocycles. The standard InChI is InChI=1S/C21H16O5/c1-10-7-11-9-13-18(21(24)16(11)15(8-10)26-3)19(22)12-5-4-6-14(25-2)17(12)20(13)23/h4-9,24H,1-3H3. The molecule has 0 aliphatic heterocycles. The maximum atomic E-state index is 13.1. The van der Waals surface area contributed by atoms with Gasteiger partial charge in [0.2, 0.25) is 0 Å². The normalized spacial score (nSPS) is 12.7. The van der Waals surface area contributed by atoms with Crippen molar-refractivity contribution in [2.24, 2.45) is 0 Å². The Morgan fingerprint density at radius 2 is 1.54 bits per heavy atom. The molecule has 5 heteroatoms. The quantitative estimate of drug-likeness (QED) is 0.599. The van der Waals surface area contributed by atoms with Gasteiger partial charge in [-0.1, -0.05) is 18.2 Å². The predicted octanol–water partition coefficient (Wildman–Crippen LogP) is 3.65. The lowest BCUT2D eigenvalue weighted by molar-refractivity contribution is 0.0974. The van der Waals surface area contributed by atoms with Crippen molar-refractivity contribution in [1.29, 1.82) is 0 Å². The monoisotopic (exact) mass is 348 g/mol. The van der Waals surface area contributed by atoms with Crippen LogP contribution in [0.25, 0.3) is 10.8 Å². The van der Waals surface area contributed by atoms with Gasteiger partial charge in [-0.2, -0.15) is 0 Å². The van der Waals surface area contributed by atoms with Gasteiger partial charge in [0.05, 0.1) is 30.7 Å². The molecule has 0 fully saturated rings. The molecule has 4 rings (SSSR count). The van der Waals surface area contributed by atoms with Gasteiger partial charge >= 0.3 is 0 Å². The number of phenols is 1. The van der Waals surface area contributed by atoms with E-state index in [4.69, 9.17) is 9.47 Å². The first-order valence-electron chi connectivity index (χ1n) is 8.08. The Bertz CT molecular complexity index is 1110. The highest BCUT2D eigenvalue weighted by Gasteiger charge is 2.35. The summed E-state index contributed by atoms with van der Waals surface area (Å²) in [6.07, 6.45) is 0. The van der Waals surface area contributed by atoms with E-state index in [1.165, 1.54) is 14.2 Å². The van der Waals surface area contributed by atoms with Gasteiger partial charge < -0.3 is 14.6 Å². The average Bonchev–Trinajstić information content (AvgIpc) is 2.64. The zero-order valence-corrected chi connectivity index (χ0v) is 14.5. The second-order valence-electron chi connectivity index (χ2n) is 6.25. The average molecular weight is 348 g/mol. The van der Waals surface area contributed by atoms with Crippen LogP contribution in [0.5, 0.6) is 17.2 Å². The smallest absolute Gasteiger partial charge is 0.198 e. The van der Waals surface area contributed by atoms with E-state index in [-0.39, 0.29) is 33.8 Å². The Morgan fingerprint density at radius 3 is 2.23 bits per heavy atom. The summed E-state index contributed by atoms with van der Waals surface area (Å²) in [4.78, 5) is 26.1. The van der Waals surface area contributed by atoms with Crippen molar-refractivity contribution in [2.75, 3.05) is 14.2 Å². The molecule has 5 nitrogen and oxygen atoms in total. The number of aromatic hydroxyl groups is 1. The first-order chi connectivity index (χ1) is 12.5. The van der Waals surface area contributed by atoms with E-state index in [0.29, 0.717) is 22.3 Å². The van der Waals surface area contributed by atoms with E-state index < -0.39 is 5.78 Å². The molecule has 0 spiro atoms. The van der Waals surface area contributed by atoms with E-state index in [9.17, 15) is 14.7 Å². The Hall–Kier alpha value is -3.34. The summed E-state index contributed by atoms with van der Waals surface area (Å²) in [6.45, 7) is 1.89. The van der Waals surface area contributed by atoms with Gasteiger partial charge in [0.25, 0.3) is 0 Å². The Kier molecular flexibility index (Phi) is 3.47. The molecule has 1 N–H and O–H groups in total. The molecule has 0 saturated carbocycles. The van der Waals surface area contributed by atoms with Crippen molar-refractivity contribution in [1.82, 2.24) is 0 Å². The Labute approximate surface area is 149 Å². The number of carbonyl (C=O) groups is 2. The summed E-state index contributed by atoms with van der Waals surface area (Å²) in [7, 11) is 2.95. The highest BCUT2D eigenvalue weighted by Crippen LogP contribution is 2.43. The minimum Gasteiger partial charge on any atom is -0.506 e. The largest absolute Gasteiger partial charge is 0.506 e. The molecular formula is C21H16O5. The van der Waals surface area contributed by atoms with Gasteiger partial charge in [0.1, 0.15) is 17.2 Å². The van der Waals surface area contributed by atoms with Gasteiger partial charge in [0.15, 0.2) is 11.6 Å². The number of aryl methyl sites for hydroxylation is 1. The summed E-state index contributed by atoms with van der Waals surface area (Å²) in [5.41, 5.74) is 1.55. The fourth-order valence-corrected chi connectivity index (χ4v) is 3.59. The fraction of sp³-hybridized carbons (Fsp3) is 0.143. The number of ether oxygens (including phenoxy) is 2. The molecule has 26 heavy (non-hydrogen) atoms. The third-order valence-electron chi connectivity index (χ3n) is 4.73. The van der Waals surface area contributed by atoms with Crippen molar-refractivity contribution >= 4 is 22.3 Å². The van der Waals surface area contributed by atoms with Crippen LogP contribution in [-0.4, -0.2) is 30.9 Å². The zero-order valence-electron chi connectivity index (χ0n) is 14.5. The summed E-state index contributed by atoms with van der Waals surface area (Å²) < 4.78 is 10.6. The number of ketones is 2. The SMILES string of the molecule is COc1cccc2c1C(=O)c1cc3cc(C)cc(OC)c3c(O)c1C2=O. The molecule has 3 aromatic rings. The second kappa shape index (κ2) is 5.59. The summed E-state index contributed by atoms with van der Waals surface area (Å²) in [6, 6.07) is 10.1. The lowest BCUT2D eigenvalue weighted by atomic mass is 9.81. The topological polar surface area (TPSA) is 72.8 Å². The van der Waals surface area contributed by atoms with Gasteiger partial charge in [-0.25, -0.2) is 0 Å². The van der Waals surface area contributed by atoms with Crippen LogP contribution in [0, 0.1) is 6.92 Å². The number of phenolic OH excluding ortho intramolecular Hbond substituents is 1. The maximum Gasteiger partial charge on any atom is 0.198 e. The second-order valence-corrected chi connectivity index (χ2v) is 6.25. The van der Waals surface area contributed by atoms with Crippen molar-refractivity contribution in [3.05, 3.63) is 64.2 Å². The number of methoxy groups -OCH3 is 2. The fourth-order valence-electron chi connectivity index (χ4n) is 3.59. The molecule has 1 aliphatic carbocycles. The highest BCUT2D eigenvalue weighted by molar-refractivity contribution is 6.32.